The molecule has 1 aromatic rings. The summed E-state index contributed by atoms with van der Waals surface area (Å²) < 4.78 is 24.0. The summed E-state index contributed by atoms with van der Waals surface area (Å²) in [6, 6.07) is 5.05. The third-order valence-corrected chi connectivity index (χ3v) is 3.32. The molecule has 0 bridgehead atoms. The molecule has 0 aromatic carbocycles. The maximum Gasteiger partial charge on any atom is 0.515 e. The fourth-order valence-electron chi connectivity index (χ4n) is 1.75. The van der Waals surface area contributed by atoms with Crippen molar-refractivity contribution in [1.82, 2.24) is 4.98 Å². The van der Waals surface area contributed by atoms with Crippen molar-refractivity contribution in [3.63, 3.8) is 0 Å². The number of hydrogen-bond donors (Lipinski definition) is 1. The molecule has 0 atom stereocenters. The van der Waals surface area contributed by atoms with E-state index in [9.17, 15) is 9.59 Å². The third kappa shape index (κ3) is 7.04. The Bertz CT molecular complexity index is 588. The number of ketones is 1. The summed E-state index contributed by atoms with van der Waals surface area (Å²) in [6.07, 6.45) is 0.788. The lowest BCUT2D eigenvalue weighted by molar-refractivity contribution is -0.173. The fourth-order valence-corrected chi connectivity index (χ4v) is 1.75. The molecule has 3 saturated heterocycles. The van der Waals surface area contributed by atoms with Crippen LogP contribution < -0.4 is 4.74 Å². The van der Waals surface area contributed by atoms with Gasteiger partial charge in [-0.3, -0.25) is 4.79 Å². The lowest BCUT2D eigenvalue weighted by atomic mass is 10.1. The zero-order chi connectivity index (χ0) is 19.0. The van der Waals surface area contributed by atoms with Crippen molar-refractivity contribution in [2.75, 3.05) is 39.6 Å². The Morgan fingerprint density at radius 3 is 2.00 bits per heavy atom. The number of nitrogens with zero attached hydrogens (tertiary/aromatic N) is 1. The molecule has 1 aromatic heterocycles. The van der Waals surface area contributed by atoms with Gasteiger partial charge in [-0.2, -0.15) is 0 Å². The van der Waals surface area contributed by atoms with E-state index in [1.165, 1.54) is 6.20 Å². The molecule has 0 unspecified atom stereocenters. The van der Waals surface area contributed by atoms with E-state index in [1.807, 2.05) is 0 Å². The van der Waals surface area contributed by atoms with Crippen LogP contribution in [0.4, 0.5) is 4.79 Å². The van der Waals surface area contributed by atoms with Gasteiger partial charge in [0.15, 0.2) is 11.4 Å². The number of Topliss-reactive ketones (excluding diaryl/α,β-unsaturated/α-hetero) is 1. The second-order valence-corrected chi connectivity index (χ2v) is 6.59. The van der Waals surface area contributed by atoms with E-state index in [0.717, 1.165) is 0 Å². The minimum Gasteiger partial charge on any atom is -0.423 e. The molecule has 9 heteroatoms. The molecular formula is C17H23NO8. The molecule has 3 aliphatic rings. The summed E-state index contributed by atoms with van der Waals surface area (Å²) in [4.78, 5) is 24.9. The minimum atomic E-state index is -0.750. The van der Waals surface area contributed by atoms with Crippen LogP contribution in [0, 0.1) is 0 Å². The number of pyridine rings is 1. The van der Waals surface area contributed by atoms with Crippen LogP contribution in [0.2, 0.25) is 0 Å². The van der Waals surface area contributed by atoms with Crippen LogP contribution in [0.5, 0.6) is 5.88 Å². The number of carbonyl (C=O) groups is 2. The fraction of sp³-hybridized carbons (Fsp3) is 0.588. The van der Waals surface area contributed by atoms with Gasteiger partial charge in [-0.05, 0) is 19.9 Å². The number of carbonyl (C=O) groups excluding carboxylic acids is 2. The van der Waals surface area contributed by atoms with Crippen LogP contribution in [0.15, 0.2) is 24.4 Å². The maximum absolute atomic E-state index is 11.3. The van der Waals surface area contributed by atoms with Gasteiger partial charge in [0, 0.05) is 12.3 Å². The number of rotatable bonds is 2. The molecule has 9 nitrogen and oxygen atoms in total. The van der Waals surface area contributed by atoms with Gasteiger partial charge >= 0.3 is 6.16 Å². The van der Waals surface area contributed by atoms with Crippen LogP contribution in [0.3, 0.4) is 0 Å². The van der Waals surface area contributed by atoms with Crippen molar-refractivity contribution in [1.29, 1.82) is 0 Å². The van der Waals surface area contributed by atoms with Crippen molar-refractivity contribution in [3.8, 4) is 5.88 Å². The largest absolute Gasteiger partial charge is 0.515 e. The number of aliphatic hydroxyl groups is 1. The first-order valence-corrected chi connectivity index (χ1v) is 8.07. The summed E-state index contributed by atoms with van der Waals surface area (Å²) in [5.74, 6) is 0.441. The first-order valence-electron chi connectivity index (χ1n) is 8.07. The minimum absolute atomic E-state index is 0.213. The van der Waals surface area contributed by atoms with E-state index >= 15 is 0 Å². The monoisotopic (exact) mass is 369 g/mol. The number of aromatic nitrogens is 1. The highest BCUT2D eigenvalue weighted by Crippen LogP contribution is 2.21. The van der Waals surface area contributed by atoms with Crippen molar-refractivity contribution in [2.45, 2.75) is 25.0 Å². The van der Waals surface area contributed by atoms with Crippen LogP contribution in [0.1, 0.15) is 13.8 Å². The Labute approximate surface area is 151 Å². The van der Waals surface area contributed by atoms with Crippen molar-refractivity contribution in [3.05, 3.63) is 24.4 Å². The van der Waals surface area contributed by atoms with E-state index in [-0.39, 0.29) is 11.7 Å². The van der Waals surface area contributed by atoms with Gasteiger partial charge in [0.2, 0.25) is 5.88 Å². The summed E-state index contributed by atoms with van der Waals surface area (Å²) in [7, 11) is 0. The summed E-state index contributed by atoms with van der Waals surface area (Å²) >= 11 is 0. The Morgan fingerprint density at radius 2 is 1.69 bits per heavy atom. The topological polar surface area (TPSA) is 113 Å². The van der Waals surface area contributed by atoms with Crippen molar-refractivity contribution in [2.24, 2.45) is 0 Å². The van der Waals surface area contributed by atoms with Gasteiger partial charge < -0.3 is 28.8 Å². The number of ether oxygens (including phenoxy) is 5. The molecule has 26 heavy (non-hydrogen) atoms. The van der Waals surface area contributed by atoms with E-state index in [0.29, 0.717) is 39.6 Å². The molecule has 0 radical (unpaired) electrons. The standard InChI is InChI=1S/C10H11NO4.C4H8O2.C3H4O2/c1-10(6-13-7-10)15-9(12)14-8-4-2-3-5-11-8;1-4(5)2-6-3-4;4-3-1-5-2-3/h2-5H,6-7H2,1H3;5H,2-3H2,1H3;1-2H2. The lowest BCUT2D eigenvalue weighted by Crippen LogP contribution is -2.50. The SMILES string of the molecule is CC1(O)COC1.CC1(OC(=O)Oc2ccccn2)COC1.O=C1COC1. The molecular weight excluding hydrogens is 346 g/mol. The second kappa shape index (κ2) is 9.04. The quantitative estimate of drug-likeness (QED) is 0.754. The maximum atomic E-state index is 11.3. The zero-order valence-corrected chi connectivity index (χ0v) is 14.8. The molecule has 0 saturated carbocycles. The van der Waals surface area contributed by atoms with Gasteiger partial charge in [0.05, 0.1) is 26.4 Å². The predicted molar refractivity (Wildman–Crippen MR) is 87.8 cm³/mol. The molecule has 0 aliphatic carbocycles. The second-order valence-electron chi connectivity index (χ2n) is 6.59. The molecule has 1 N–H and O–H groups in total. The Morgan fingerprint density at radius 1 is 1.12 bits per heavy atom. The predicted octanol–water partition coefficient (Wildman–Crippen LogP) is 0.739. The molecule has 144 valence electrons. The first-order chi connectivity index (χ1) is 12.3. The average Bonchev–Trinajstić information content (AvgIpc) is 2.52. The zero-order valence-electron chi connectivity index (χ0n) is 14.8. The highest BCUT2D eigenvalue weighted by atomic mass is 16.8. The molecule has 4 rings (SSSR count). The third-order valence-electron chi connectivity index (χ3n) is 3.32. The first kappa shape index (κ1) is 20.2. The van der Waals surface area contributed by atoms with Gasteiger partial charge in [-0.25, -0.2) is 9.78 Å². The van der Waals surface area contributed by atoms with Gasteiger partial charge in [0.1, 0.15) is 18.8 Å². The van der Waals surface area contributed by atoms with Crippen molar-refractivity contribution >= 4 is 11.9 Å². The molecule has 0 spiro atoms. The van der Waals surface area contributed by atoms with E-state index in [1.54, 1.807) is 32.0 Å². The normalized spacial score (nSPS) is 21.1. The lowest BCUT2D eigenvalue weighted by Gasteiger charge is -2.36. The number of hydrogen-bond acceptors (Lipinski definition) is 9. The Hall–Kier alpha value is -2.07. The highest BCUT2D eigenvalue weighted by Gasteiger charge is 2.38. The average molecular weight is 369 g/mol. The summed E-state index contributed by atoms with van der Waals surface area (Å²) in [5, 5.41) is 8.79. The summed E-state index contributed by atoms with van der Waals surface area (Å²) in [6.45, 7) is 6.07. The van der Waals surface area contributed by atoms with Gasteiger partial charge in [-0.1, -0.05) is 6.07 Å². The molecule has 3 fully saturated rings. The van der Waals surface area contributed by atoms with Crippen LogP contribution in [-0.4, -0.2) is 72.9 Å². The molecule has 0 amide bonds. The molecule has 3 aliphatic heterocycles. The highest BCUT2D eigenvalue weighted by molar-refractivity contribution is 5.84. The van der Waals surface area contributed by atoms with Crippen molar-refractivity contribution < 1.29 is 38.4 Å². The summed E-state index contributed by atoms with van der Waals surface area (Å²) in [5.41, 5.74) is -1.05. The Kier molecular flexibility index (Phi) is 7.04. The van der Waals surface area contributed by atoms with Gasteiger partial charge in [-0.15, -0.1) is 0 Å². The van der Waals surface area contributed by atoms with Crippen LogP contribution in [0.25, 0.3) is 0 Å². The van der Waals surface area contributed by atoms with Crippen LogP contribution >= 0.6 is 0 Å². The Balaban J connectivity index is 0.000000179. The van der Waals surface area contributed by atoms with E-state index in [4.69, 9.17) is 19.3 Å². The smallest absolute Gasteiger partial charge is 0.423 e. The van der Waals surface area contributed by atoms with Gasteiger partial charge in [0.25, 0.3) is 0 Å². The van der Waals surface area contributed by atoms with E-state index < -0.39 is 17.4 Å². The molecule has 4 heterocycles. The van der Waals surface area contributed by atoms with Crippen LogP contribution in [-0.2, 0) is 23.7 Å². The van der Waals surface area contributed by atoms with E-state index in [2.05, 4.69) is 14.5 Å².